The van der Waals surface area contributed by atoms with E-state index < -0.39 is 10.1 Å². The van der Waals surface area contributed by atoms with Crippen molar-refractivity contribution in [2.24, 2.45) is 0 Å². The summed E-state index contributed by atoms with van der Waals surface area (Å²) in [5.41, 5.74) is 0. The Labute approximate surface area is 145 Å². The first kappa shape index (κ1) is 18.2. The van der Waals surface area contributed by atoms with Gasteiger partial charge >= 0.3 is 29.6 Å². The SMILES string of the molecule is O=S(=O)(O)CCCCOC1COc2cscc2OC1.[H-].[Na+]. The second kappa shape index (κ2) is 8.57. The molecule has 110 valence electrons. The summed E-state index contributed by atoms with van der Waals surface area (Å²) in [5.74, 6) is 1.25. The molecule has 1 aromatic rings. The first-order valence-electron chi connectivity index (χ1n) is 5.93. The minimum atomic E-state index is -3.87. The Morgan fingerprint density at radius 3 is 2.45 bits per heavy atom. The van der Waals surface area contributed by atoms with Crippen LogP contribution in [0.3, 0.4) is 0 Å². The van der Waals surface area contributed by atoms with E-state index >= 15 is 0 Å². The van der Waals surface area contributed by atoms with Crippen molar-refractivity contribution >= 4 is 21.5 Å². The molecule has 2 heterocycles. The first-order chi connectivity index (χ1) is 9.04. The monoisotopic (exact) mass is 332 g/mol. The molecular weight excluding hydrogens is 315 g/mol. The van der Waals surface area contributed by atoms with E-state index in [4.69, 9.17) is 18.8 Å². The maximum atomic E-state index is 10.5. The van der Waals surface area contributed by atoms with Crippen LogP contribution in [0.4, 0.5) is 0 Å². The van der Waals surface area contributed by atoms with Gasteiger partial charge in [-0.25, -0.2) is 0 Å². The van der Waals surface area contributed by atoms with Gasteiger partial charge < -0.3 is 15.6 Å². The average molecular weight is 332 g/mol. The molecule has 0 radical (unpaired) electrons. The minimum absolute atomic E-state index is 0. The van der Waals surface area contributed by atoms with Crippen molar-refractivity contribution in [2.45, 2.75) is 18.9 Å². The van der Waals surface area contributed by atoms with Crippen LogP contribution in [-0.4, -0.2) is 44.6 Å². The Bertz CT molecular complexity index is 484. The van der Waals surface area contributed by atoms with Gasteiger partial charge in [-0.05, 0) is 12.8 Å². The van der Waals surface area contributed by atoms with Gasteiger partial charge in [-0.2, -0.15) is 8.42 Å². The zero-order valence-electron chi connectivity index (χ0n) is 12.3. The van der Waals surface area contributed by atoms with Crippen LogP contribution < -0.4 is 39.0 Å². The van der Waals surface area contributed by atoms with Gasteiger partial charge in [-0.15, -0.1) is 11.3 Å². The third-order valence-corrected chi connectivity index (χ3v) is 4.10. The molecule has 1 aliphatic rings. The summed E-state index contributed by atoms with van der Waals surface area (Å²) < 4.78 is 46.2. The number of unbranched alkanes of at least 4 members (excludes halogenated alkanes) is 1. The molecule has 0 aromatic carbocycles. The van der Waals surface area contributed by atoms with Crippen molar-refractivity contribution in [3.63, 3.8) is 0 Å². The summed E-state index contributed by atoms with van der Waals surface area (Å²) in [4.78, 5) is 0. The molecule has 0 unspecified atom stereocenters. The molecule has 1 aliphatic heterocycles. The molecule has 0 saturated carbocycles. The molecule has 6 nitrogen and oxygen atoms in total. The van der Waals surface area contributed by atoms with E-state index in [9.17, 15) is 8.42 Å². The van der Waals surface area contributed by atoms with E-state index in [0.29, 0.717) is 32.7 Å². The van der Waals surface area contributed by atoms with Crippen molar-refractivity contribution in [1.82, 2.24) is 0 Å². The summed E-state index contributed by atoms with van der Waals surface area (Å²) in [6, 6.07) is 0. The van der Waals surface area contributed by atoms with E-state index in [0.717, 1.165) is 11.5 Å². The Hall–Kier alpha value is 0.170. The second-order valence-corrected chi connectivity index (χ2v) is 6.52. The van der Waals surface area contributed by atoms with Crippen molar-refractivity contribution in [3.8, 4) is 11.5 Å². The van der Waals surface area contributed by atoms with Crippen LogP contribution >= 0.6 is 11.3 Å². The molecule has 20 heavy (non-hydrogen) atoms. The van der Waals surface area contributed by atoms with Gasteiger partial charge in [0.1, 0.15) is 19.3 Å². The number of hydrogen-bond acceptors (Lipinski definition) is 6. The standard InChI is InChI=1S/C11H16O6S2.Na.H/c12-19(13,14)4-2-1-3-15-9-5-16-10-7-18-8-11(10)17-6-9;;/h7-9H,1-6H2,(H,12,13,14);;/q;+1;-1. The van der Waals surface area contributed by atoms with E-state index in [1.54, 1.807) is 0 Å². The normalized spacial score (nSPS) is 15.4. The van der Waals surface area contributed by atoms with Gasteiger partial charge in [0, 0.05) is 17.4 Å². The average Bonchev–Trinajstić information content (AvgIpc) is 2.69. The van der Waals surface area contributed by atoms with Crippen molar-refractivity contribution in [3.05, 3.63) is 10.8 Å². The fourth-order valence-electron chi connectivity index (χ4n) is 1.63. The van der Waals surface area contributed by atoms with Crippen molar-refractivity contribution < 1.29 is 58.2 Å². The molecule has 0 atom stereocenters. The smallest absolute Gasteiger partial charge is 1.00 e. The molecule has 9 heteroatoms. The summed E-state index contributed by atoms with van der Waals surface area (Å²) in [7, 11) is -3.87. The first-order valence-corrected chi connectivity index (χ1v) is 8.48. The van der Waals surface area contributed by atoms with Crippen molar-refractivity contribution in [2.75, 3.05) is 25.6 Å². The zero-order chi connectivity index (χ0) is 13.7. The fraction of sp³-hybridized carbons (Fsp3) is 0.636. The van der Waals surface area contributed by atoms with Crippen LogP contribution in [0, 0.1) is 0 Å². The number of rotatable bonds is 6. The molecule has 2 rings (SSSR count). The predicted molar refractivity (Wildman–Crippen MR) is 71.8 cm³/mol. The Kier molecular flexibility index (Phi) is 7.81. The summed E-state index contributed by atoms with van der Waals surface area (Å²) >= 11 is 1.52. The van der Waals surface area contributed by atoms with Crippen LogP contribution in [0.1, 0.15) is 14.3 Å². The second-order valence-electron chi connectivity index (χ2n) is 4.21. The van der Waals surface area contributed by atoms with Crippen LogP contribution in [-0.2, 0) is 14.9 Å². The fourth-order valence-corrected chi connectivity index (χ4v) is 2.88. The molecule has 1 aromatic heterocycles. The maximum Gasteiger partial charge on any atom is 1.00 e. The van der Waals surface area contributed by atoms with Gasteiger partial charge in [0.2, 0.25) is 0 Å². The Morgan fingerprint density at radius 2 is 1.90 bits per heavy atom. The summed E-state index contributed by atoms with van der Waals surface area (Å²) in [6.07, 6.45) is 0.778. The Morgan fingerprint density at radius 1 is 1.30 bits per heavy atom. The molecule has 1 N–H and O–H groups in total. The van der Waals surface area contributed by atoms with Crippen molar-refractivity contribution in [1.29, 1.82) is 0 Å². The topological polar surface area (TPSA) is 82.1 Å². The third kappa shape index (κ3) is 6.30. The van der Waals surface area contributed by atoms with Crippen LogP contribution in [0.5, 0.6) is 11.5 Å². The maximum absolute atomic E-state index is 10.5. The summed E-state index contributed by atoms with van der Waals surface area (Å²) in [6.45, 7) is 1.25. The molecule has 0 aliphatic carbocycles. The van der Waals surface area contributed by atoms with E-state index in [-0.39, 0.29) is 42.8 Å². The molecular formula is C11H17NaO6S2. The largest absolute Gasteiger partial charge is 1.00 e. The van der Waals surface area contributed by atoms with Crippen LogP contribution in [0.2, 0.25) is 0 Å². The molecule has 0 saturated heterocycles. The quantitative estimate of drug-likeness (QED) is 0.396. The molecule has 0 fully saturated rings. The number of hydrogen-bond donors (Lipinski definition) is 1. The minimum Gasteiger partial charge on any atom is -1.00 e. The summed E-state index contributed by atoms with van der Waals surface area (Å²) in [5, 5.41) is 3.76. The van der Waals surface area contributed by atoms with E-state index in [1.807, 2.05) is 10.8 Å². The van der Waals surface area contributed by atoms with Gasteiger partial charge in [0.25, 0.3) is 10.1 Å². The third-order valence-electron chi connectivity index (χ3n) is 2.59. The van der Waals surface area contributed by atoms with Gasteiger partial charge in [-0.3, -0.25) is 4.55 Å². The molecule has 0 amide bonds. The van der Waals surface area contributed by atoms with Gasteiger partial charge in [0.15, 0.2) is 11.5 Å². The number of fused-ring (bicyclic) bond motifs is 1. The molecule has 0 bridgehead atoms. The Balaban J connectivity index is 0.00000200. The van der Waals surface area contributed by atoms with E-state index in [1.165, 1.54) is 11.3 Å². The van der Waals surface area contributed by atoms with Gasteiger partial charge in [-0.1, -0.05) is 0 Å². The number of thiophene rings is 1. The van der Waals surface area contributed by atoms with E-state index in [2.05, 4.69) is 0 Å². The van der Waals surface area contributed by atoms with Crippen LogP contribution in [0.25, 0.3) is 0 Å². The predicted octanol–water partition coefficient (Wildman–Crippen LogP) is -1.31. The molecule has 0 spiro atoms. The number of ether oxygens (including phenoxy) is 3. The van der Waals surface area contributed by atoms with Crippen LogP contribution in [0.15, 0.2) is 10.8 Å². The zero-order valence-corrected chi connectivity index (χ0v) is 14.9. The van der Waals surface area contributed by atoms with Gasteiger partial charge in [0.05, 0.1) is 5.75 Å².